The molecule has 29 heteroatoms. The van der Waals surface area contributed by atoms with Gasteiger partial charge in [0.2, 0.25) is 0 Å². The predicted molar refractivity (Wildman–Crippen MR) is 247 cm³/mol. The quantitative estimate of drug-likeness (QED) is 0.0452. The Morgan fingerprint density at radius 1 is 0.556 bits per heavy atom. The first-order valence-corrected chi connectivity index (χ1v) is 21.7. The summed E-state index contributed by atoms with van der Waals surface area (Å²) in [6.45, 7) is 2.96. The number of methoxy groups -OCH3 is 3. The number of rotatable bonds is 23. The van der Waals surface area contributed by atoms with E-state index in [1.54, 1.807) is 0 Å². The Hall–Kier alpha value is -5.99. The molecular formula is C43H68N6O23. The van der Waals surface area contributed by atoms with Crippen molar-refractivity contribution in [1.82, 2.24) is 16.0 Å². The Labute approximate surface area is 412 Å². The summed E-state index contributed by atoms with van der Waals surface area (Å²) < 4.78 is 15.5. The number of aliphatic carboxylic acids is 3. The van der Waals surface area contributed by atoms with E-state index in [2.05, 4.69) is 30.9 Å². The predicted octanol–water partition coefficient (Wildman–Crippen LogP) is -6.39. The van der Waals surface area contributed by atoms with E-state index < -0.39 is 104 Å². The number of aliphatic hydroxyl groups excluding tert-OH is 8. The van der Waals surface area contributed by atoms with Crippen molar-refractivity contribution in [2.75, 3.05) is 67.4 Å². The molecule has 0 aromatic heterocycles. The lowest BCUT2D eigenvalue weighted by Crippen LogP contribution is -2.56. The highest BCUT2D eigenvalue weighted by atomic mass is 16.5. The van der Waals surface area contributed by atoms with Crippen LogP contribution in [0.3, 0.4) is 0 Å². The van der Waals surface area contributed by atoms with Crippen molar-refractivity contribution in [2.24, 2.45) is 15.0 Å². The summed E-state index contributed by atoms with van der Waals surface area (Å²) >= 11 is 0. The maximum Gasteiger partial charge on any atom is 0.331 e. The van der Waals surface area contributed by atoms with E-state index in [0.717, 1.165) is 0 Å². The highest BCUT2D eigenvalue weighted by Gasteiger charge is 2.49. The molecule has 72 heavy (non-hydrogen) atoms. The average molecular weight is 1040 g/mol. The summed E-state index contributed by atoms with van der Waals surface area (Å²) in [5.74, 6) is -4.78. The van der Waals surface area contributed by atoms with E-state index in [9.17, 15) is 84.9 Å². The second kappa shape index (κ2) is 28.3. The third-order valence-electron chi connectivity index (χ3n) is 10.8. The van der Waals surface area contributed by atoms with Crippen molar-refractivity contribution in [3.05, 3.63) is 34.4 Å². The monoisotopic (exact) mass is 1040 g/mol. The van der Waals surface area contributed by atoms with Crippen LogP contribution >= 0.6 is 0 Å². The van der Waals surface area contributed by atoms with Gasteiger partial charge in [-0.15, -0.1) is 0 Å². The first-order valence-electron chi connectivity index (χ1n) is 21.7. The molecule has 0 radical (unpaired) electrons. The highest BCUT2D eigenvalue weighted by molar-refractivity contribution is 6.06. The van der Waals surface area contributed by atoms with Crippen molar-refractivity contribution in [3.63, 3.8) is 0 Å². The number of aliphatic imine (C=N–C) groups is 3. The molecule has 0 aliphatic heterocycles. The number of hydrogen-bond donors (Lipinski definition) is 17. The number of Topliss-reactive ketones (excluding diaryl/α,β-unsaturated/α-hetero) is 3. The van der Waals surface area contributed by atoms with Crippen LogP contribution in [-0.2, 0) is 43.0 Å². The lowest BCUT2D eigenvalue weighted by molar-refractivity contribution is -0.141. The molecule has 0 aromatic rings. The van der Waals surface area contributed by atoms with Crippen LogP contribution in [0.2, 0.25) is 0 Å². The zero-order valence-electron chi connectivity index (χ0n) is 40.9. The molecule has 17 N–H and O–H groups in total. The fourth-order valence-electron chi connectivity index (χ4n) is 6.79. The Balaban J connectivity index is 0.000000540. The zero-order valence-corrected chi connectivity index (χ0v) is 40.9. The lowest BCUT2D eigenvalue weighted by Gasteiger charge is -2.38. The molecule has 0 aromatic carbocycles. The highest BCUT2D eigenvalue weighted by Crippen LogP contribution is 2.34. The van der Waals surface area contributed by atoms with Gasteiger partial charge in [0.05, 0.1) is 90.6 Å². The second-order valence-corrected chi connectivity index (χ2v) is 16.8. The maximum absolute atomic E-state index is 11.3. The summed E-state index contributed by atoms with van der Waals surface area (Å²) in [7, 11) is 3.78. The molecule has 0 heterocycles. The van der Waals surface area contributed by atoms with Gasteiger partial charge in [0.25, 0.3) is 0 Å². The third kappa shape index (κ3) is 16.8. The maximum atomic E-state index is 11.3. The minimum Gasteiger partial charge on any atom is -0.493 e. The van der Waals surface area contributed by atoms with Gasteiger partial charge >= 0.3 is 17.9 Å². The fraction of sp³-hybridized carbons (Fsp3) is 0.651. The van der Waals surface area contributed by atoms with Gasteiger partial charge in [0, 0.05) is 19.3 Å². The number of carboxylic acid groups (broad SMARTS) is 3. The molecule has 29 nitrogen and oxygen atoms in total. The molecule has 3 rings (SSSR count). The van der Waals surface area contributed by atoms with E-state index in [1.807, 2.05) is 0 Å². The molecule has 0 saturated heterocycles. The summed E-state index contributed by atoms with van der Waals surface area (Å²) in [4.78, 5) is 78.2. The minimum atomic E-state index is -2.05. The molecule has 10 atom stereocenters. The first-order chi connectivity index (χ1) is 33.4. The van der Waals surface area contributed by atoms with Gasteiger partial charge in [-0.2, -0.15) is 0 Å². The van der Waals surface area contributed by atoms with Crippen LogP contribution in [0.1, 0.15) is 53.9 Å². The van der Waals surface area contributed by atoms with Crippen molar-refractivity contribution in [2.45, 2.75) is 113 Å². The number of aliphatic hydroxyl groups is 11. The SMILES string of the molecule is COC1=C(NCC(C)=O)C[C@@](O)(CO)[C@@H](O)C1=NC(C(=O)O)C(C)O.COC1=C(NCC(C)=O)C[C@@](O)(CO)[C@@H](O)C1=N[C@@H](C)C(=O)O.COC1=C(NCC(C)=O)C[C@@](O)(CO)[C@@H](O)C1=N[C@@H](CO)C(=O)O. The molecule has 0 saturated carbocycles. The molecule has 3 aliphatic carbocycles. The molecule has 2 unspecified atom stereocenters. The van der Waals surface area contributed by atoms with Crippen LogP contribution in [0.15, 0.2) is 49.3 Å². The molecule has 0 bridgehead atoms. The smallest absolute Gasteiger partial charge is 0.331 e. The normalized spacial score (nSPS) is 27.5. The van der Waals surface area contributed by atoms with Crippen molar-refractivity contribution in [1.29, 1.82) is 0 Å². The Morgan fingerprint density at radius 2 is 0.861 bits per heavy atom. The topological polar surface area (TPSA) is 487 Å². The van der Waals surface area contributed by atoms with Crippen molar-refractivity contribution >= 4 is 52.4 Å². The van der Waals surface area contributed by atoms with Gasteiger partial charge < -0.3 is 102 Å². The van der Waals surface area contributed by atoms with E-state index in [0.29, 0.717) is 0 Å². The molecule has 0 spiro atoms. The van der Waals surface area contributed by atoms with Crippen molar-refractivity contribution in [3.8, 4) is 0 Å². The number of ketones is 3. The van der Waals surface area contributed by atoms with E-state index in [4.69, 9.17) is 29.5 Å². The number of carbonyl (C=O) groups is 6. The van der Waals surface area contributed by atoms with Crippen LogP contribution in [0.4, 0.5) is 0 Å². The molecule has 0 amide bonds. The zero-order chi connectivity index (χ0) is 55.6. The fourth-order valence-corrected chi connectivity index (χ4v) is 6.79. The van der Waals surface area contributed by atoms with E-state index in [1.165, 1.54) is 55.9 Å². The molecule has 3 aliphatic rings. The Morgan fingerprint density at radius 3 is 1.08 bits per heavy atom. The van der Waals surface area contributed by atoms with E-state index in [-0.39, 0.29) is 108 Å². The summed E-state index contributed by atoms with van der Waals surface area (Å²) in [6.07, 6.45) is -7.25. The van der Waals surface area contributed by atoms with Gasteiger partial charge in [0.1, 0.15) is 75.6 Å². The largest absolute Gasteiger partial charge is 0.493 e. The number of nitrogens with one attached hydrogen (secondary N) is 3. The number of carboxylic acids is 3. The van der Waals surface area contributed by atoms with Crippen LogP contribution < -0.4 is 16.0 Å². The molecular weight excluding hydrogens is 968 g/mol. The first kappa shape index (κ1) is 64.0. The van der Waals surface area contributed by atoms with Gasteiger partial charge in [-0.25, -0.2) is 14.4 Å². The summed E-state index contributed by atoms with van der Waals surface area (Å²) in [5.41, 5.74) is -6.34. The number of hydrogen-bond acceptors (Lipinski definition) is 26. The summed E-state index contributed by atoms with van der Waals surface area (Å²) in [6, 6.07) is -4.40. The molecule has 0 fully saturated rings. The third-order valence-corrected chi connectivity index (χ3v) is 10.8. The average Bonchev–Trinajstić information content (AvgIpc) is 3.31. The Kier molecular flexibility index (Phi) is 25.2. The van der Waals surface area contributed by atoms with Crippen LogP contribution in [0.25, 0.3) is 0 Å². The summed E-state index contributed by atoms with van der Waals surface area (Å²) in [5, 5.41) is 144. The van der Waals surface area contributed by atoms with E-state index >= 15 is 0 Å². The lowest BCUT2D eigenvalue weighted by atomic mass is 9.82. The molecule has 408 valence electrons. The van der Waals surface area contributed by atoms with Crippen LogP contribution in [0.5, 0.6) is 0 Å². The number of nitrogens with zero attached hydrogens (tertiary/aromatic N) is 3. The van der Waals surface area contributed by atoms with Gasteiger partial charge in [0.15, 0.2) is 29.4 Å². The van der Waals surface area contributed by atoms with Crippen LogP contribution in [0, 0.1) is 0 Å². The second-order valence-electron chi connectivity index (χ2n) is 16.8. The number of ether oxygens (including phenoxy) is 3. The Bertz CT molecular complexity index is 2160. The van der Waals surface area contributed by atoms with Gasteiger partial charge in [-0.05, 0) is 34.6 Å². The number of carbonyl (C=O) groups excluding carboxylic acids is 3. The van der Waals surface area contributed by atoms with Gasteiger partial charge in [-0.1, -0.05) is 0 Å². The van der Waals surface area contributed by atoms with Crippen LogP contribution in [-0.4, -0.2) is 251 Å². The van der Waals surface area contributed by atoms with Crippen molar-refractivity contribution < 1.29 is 114 Å². The minimum absolute atomic E-state index is 0.0463. The van der Waals surface area contributed by atoms with Gasteiger partial charge in [-0.3, -0.25) is 29.4 Å². The standard InChI is InChI=1S/C15H24N2O8.C14H22N2O8.C14H22N2O7/c1-7(19)5-16-9-4-15(24,6-18)13(21)11(12(9)25-3)17-10(8(2)20)14(22)23;1-7(19)4-15-8-3-14(23,6-18)12(20)10(11(8)24-2)16-9(5-17)13(21)22;1-7(18)5-15-9-4-14(22,6-17)12(19)10(11(9)23-3)16-8(2)13(20)21/h8,10,13,16,18,20-21,24H,4-6H2,1-3H3,(H,22,23);9,12,15,17-18,20,23H,3-6H2,1-2H3,(H,21,22);8,12,15,17,19,22H,4-6H2,1-3H3,(H,20,21)/t8?,10?,13-,15+;9-,12-,14+;8-,12-,14+/m000/s1.